The summed E-state index contributed by atoms with van der Waals surface area (Å²) < 4.78 is 13.3. The second-order valence-electron chi connectivity index (χ2n) is 5.85. The zero-order valence-electron chi connectivity index (χ0n) is 12.2. The predicted molar refractivity (Wildman–Crippen MR) is 78.7 cm³/mol. The van der Waals surface area contributed by atoms with E-state index in [0.29, 0.717) is 17.6 Å². The third-order valence-corrected chi connectivity index (χ3v) is 4.47. The Morgan fingerprint density at radius 2 is 2.00 bits per heavy atom. The first-order chi connectivity index (χ1) is 9.47. The number of nitrogen functional groups attached to an aromatic ring is 1. The van der Waals surface area contributed by atoms with E-state index in [2.05, 4.69) is 0 Å². The van der Waals surface area contributed by atoms with Crippen molar-refractivity contribution in [1.29, 1.82) is 0 Å². The molecule has 0 saturated heterocycles. The Labute approximate surface area is 120 Å². The Hall–Kier alpha value is -1.58. The van der Waals surface area contributed by atoms with E-state index in [0.717, 1.165) is 37.7 Å². The van der Waals surface area contributed by atoms with Crippen LogP contribution in [-0.4, -0.2) is 23.9 Å². The first-order valence-corrected chi connectivity index (χ1v) is 7.24. The quantitative estimate of drug-likeness (QED) is 0.864. The van der Waals surface area contributed by atoms with Crippen molar-refractivity contribution in [2.24, 2.45) is 5.92 Å². The minimum Gasteiger partial charge on any atom is -0.399 e. The number of halogens is 1. The fraction of sp³-hybridized carbons (Fsp3) is 0.562. The fourth-order valence-corrected chi connectivity index (χ4v) is 3.06. The number of hydrogen-bond acceptors (Lipinski definition) is 2. The van der Waals surface area contributed by atoms with Gasteiger partial charge in [0.15, 0.2) is 0 Å². The van der Waals surface area contributed by atoms with Crippen molar-refractivity contribution in [3.63, 3.8) is 0 Å². The van der Waals surface area contributed by atoms with Crippen molar-refractivity contribution >= 4 is 11.6 Å². The first-order valence-electron chi connectivity index (χ1n) is 7.24. The van der Waals surface area contributed by atoms with Crippen molar-refractivity contribution in [2.45, 2.75) is 45.1 Å². The highest BCUT2D eigenvalue weighted by molar-refractivity contribution is 5.73. The number of nitrogens with two attached hydrogens (primary N) is 1. The van der Waals surface area contributed by atoms with Gasteiger partial charge in [0.05, 0.1) is 0 Å². The SMILES string of the molecule is CC(=O)N(C)C1CCC(Cc2cc(F)ccc2N)CC1. The Morgan fingerprint density at radius 1 is 1.35 bits per heavy atom. The molecule has 0 unspecified atom stereocenters. The predicted octanol–water partition coefficient (Wildman–Crippen LogP) is 2.99. The topological polar surface area (TPSA) is 46.3 Å². The van der Waals surface area contributed by atoms with E-state index < -0.39 is 0 Å². The summed E-state index contributed by atoms with van der Waals surface area (Å²) in [6, 6.07) is 4.94. The molecule has 0 heterocycles. The van der Waals surface area contributed by atoms with Gasteiger partial charge in [0.25, 0.3) is 0 Å². The van der Waals surface area contributed by atoms with Crippen molar-refractivity contribution in [3.05, 3.63) is 29.6 Å². The van der Waals surface area contributed by atoms with Crippen LogP contribution in [0, 0.1) is 11.7 Å². The van der Waals surface area contributed by atoms with Crippen LogP contribution in [-0.2, 0) is 11.2 Å². The van der Waals surface area contributed by atoms with Crippen LogP contribution in [0.2, 0.25) is 0 Å². The maximum absolute atomic E-state index is 13.3. The second-order valence-corrected chi connectivity index (χ2v) is 5.85. The van der Waals surface area contributed by atoms with E-state index in [-0.39, 0.29) is 11.7 Å². The summed E-state index contributed by atoms with van der Waals surface area (Å²) in [7, 11) is 1.87. The summed E-state index contributed by atoms with van der Waals surface area (Å²) in [5.41, 5.74) is 7.49. The van der Waals surface area contributed by atoms with Gasteiger partial charge in [-0.2, -0.15) is 0 Å². The number of carbonyl (C=O) groups is 1. The minimum absolute atomic E-state index is 0.128. The molecule has 1 saturated carbocycles. The highest BCUT2D eigenvalue weighted by Gasteiger charge is 2.25. The molecule has 0 atom stereocenters. The van der Waals surface area contributed by atoms with E-state index in [1.807, 2.05) is 11.9 Å². The maximum atomic E-state index is 13.3. The Bertz CT molecular complexity index is 481. The highest BCUT2D eigenvalue weighted by Crippen LogP contribution is 2.31. The van der Waals surface area contributed by atoms with Gasteiger partial charge in [-0.05, 0) is 61.8 Å². The van der Waals surface area contributed by atoms with Gasteiger partial charge in [-0.25, -0.2) is 4.39 Å². The summed E-state index contributed by atoms with van der Waals surface area (Å²) in [4.78, 5) is 13.2. The van der Waals surface area contributed by atoms with Crippen LogP contribution in [0.5, 0.6) is 0 Å². The van der Waals surface area contributed by atoms with Crippen LogP contribution >= 0.6 is 0 Å². The number of nitrogens with zero attached hydrogens (tertiary/aromatic N) is 1. The van der Waals surface area contributed by atoms with E-state index in [1.165, 1.54) is 6.07 Å². The monoisotopic (exact) mass is 278 g/mol. The van der Waals surface area contributed by atoms with Crippen molar-refractivity contribution in [1.82, 2.24) is 4.90 Å². The zero-order chi connectivity index (χ0) is 14.7. The van der Waals surface area contributed by atoms with Gasteiger partial charge in [-0.3, -0.25) is 4.79 Å². The Kier molecular flexibility index (Phi) is 4.63. The molecular formula is C16H23FN2O. The summed E-state index contributed by atoms with van der Waals surface area (Å²) >= 11 is 0. The molecule has 0 radical (unpaired) electrons. The average Bonchev–Trinajstić information content (AvgIpc) is 2.43. The lowest BCUT2D eigenvalue weighted by molar-refractivity contribution is -0.130. The molecule has 0 spiro atoms. The lowest BCUT2D eigenvalue weighted by Gasteiger charge is -2.34. The third-order valence-electron chi connectivity index (χ3n) is 4.47. The molecule has 0 aromatic heterocycles. The van der Waals surface area contributed by atoms with Crippen molar-refractivity contribution in [3.8, 4) is 0 Å². The number of hydrogen-bond donors (Lipinski definition) is 1. The van der Waals surface area contributed by atoms with E-state index in [1.54, 1.807) is 19.1 Å². The molecule has 1 aliphatic carbocycles. The molecule has 2 N–H and O–H groups in total. The average molecular weight is 278 g/mol. The molecule has 20 heavy (non-hydrogen) atoms. The molecule has 1 aromatic carbocycles. The van der Waals surface area contributed by atoms with Crippen LogP contribution in [0.25, 0.3) is 0 Å². The van der Waals surface area contributed by atoms with Crippen LogP contribution in [0.1, 0.15) is 38.2 Å². The summed E-state index contributed by atoms with van der Waals surface area (Å²) in [6.07, 6.45) is 5.02. The molecule has 2 rings (SSSR count). The molecule has 0 aliphatic heterocycles. The second kappa shape index (κ2) is 6.25. The van der Waals surface area contributed by atoms with Crippen LogP contribution in [0.15, 0.2) is 18.2 Å². The van der Waals surface area contributed by atoms with E-state index >= 15 is 0 Å². The molecule has 1 amide bonds. The number of amides is 1. The van der Waals surface area contributed by atoms with E-state index in [4.69, 9.17) is 5.73 Å². The summed E-state index contributed by atoms with van der Waals surface area (Å²) in [5, 5.41) is 0. The van der Waals surface area contributed by atoms with Crippen LogP contribution < -0.4 is 5.73 Å². The largest absolute Gasteiger partial charge is 0.399 e. The standard InChI is InChI=1S/C16H23FN2O/c1-11(20)19(2)15-6-3-12(4-7-15)9-13-10-14(17)5-8-16(13)18/h5,8,10,12,15H,3-4,6-7,9,18H2,1-2H3. The Morgan fingerprint density at radius 3 is 2.60 bits per heavy atom. The summed E-state index contributed by atoms with van der Waals surface area (Å²) in [5.74, 6) is 0.442. The molecule has 3 nitrogen and oxygen atoms in total. The van der Waals surface area contributed by atoms with Gasteiger partial charge in [0.2, 0.25) is 5.91 Å². The minimum atomic E-state index is -0.223. The first kappa shape index (κ1) is 14.8. The molecule has 1 aliphatic rings. The van der Waals surface area contributed by atoms with Crippen LogP contribution in [0.4, 0.5) is 10.1 Å². The zero-order valence-corrected chi connectivity index (χ0v) is 12.2. The number of benzene rings is 1. The van der Waals surface area contributed by atoms with Crippen LogP contribution in [0.3, 0.4) is 0 Å². The lowest BCUT2D eigenvalue weighted by Crippen LogP contribution is -2.38. The molecular weight excluding hydrogens is 255 g/mol. The smallest absolute Gasteiger partial charge is 0.219 e. The summed E-state index contributed by atoms with van der Waals surface area (Å²) in [6.45, 7) is 1.61. The Balaban J connectivity index is 1.91. The van der Waals surface area contributed by atoms with Gasteiger partial charge >= 0.3 is 0 Å². The molecule has 1 fully saturated rings. The fourth-order valence-electron chi connectivity index (χ4n) is 3.06. The number of carbonyl (C=O) groups excluding carboxylic acids is 1. The third kappa shape index (κ3) is 3.50. The van der Waals surface area contributed by atoms with E-state index in [9.17, 15) is 9.18 Å². The number of anilines is 1. The normalized spacial score (nSPS) is 22.6. The lowest BCUT2D eigenvalue weighted by atomic mass is 9.81. The van der Waals surface area contributed by atoms with Crippen molar-refractivity contribution in [2.75, 3.05) is 12.8 Å². The molecule has 0 bridgehead atoms. The molecule has 4 heteroatoms. The molecule has 110 valence electrons. The maximum Gasteiger partial charge on any atom is 0.219 e. The van der Waals surface area contributed by atoms with Gasteiger partial charge in [-0.15, -0.1) is 0 Å². The highest BCUT2D eigenvalue weighted by atomic mass is 19.1. The number of rotatable bonds is 3. The van der Waals surface area contributed by atoms with Gasteiger partial charge in [0, 0.05) is 25.7 Å². The van der Waals surface area contributed by atoms with Gasteiger partial charge in [0.1, 0.15) is 5.82 Å². The molecule has 1 aromatic rings. The van der Waals surface area contributed by atoms with Gasteiger partial charge in [-0.1, -0.05) is 0 Å². The van der Waals surface area contributed by atoms with Crippen molar-refractivity contribution < 1.29 is 9.18 Å². The van der Waals surface area contributed by atoms with Gasteiger partial charge < -0.3 is 10.6 Å².